The summed E-state index contributed by atoms with van der Waals surface area (Å²) < 4.78 is 30.5. The zero-order valence-corrected chi connectivity index (χ0v) is 14.0. The molecule has 19 heavy (non-hydrogen) atoms. The maximum absolute atomic E-state index is 11.7. The molecule has 2 heterocycles. The fraction of sp³-hybridized carbons (Fsp3) is 1.00. The van der Waals surface area contributed by atoms with E-state index in [1.54, 1.807) is 4.31 Å². The molecule has 0 radical (unpaired) electrons. The lowest BCUT2D eigenvalue weighted by Crippen LogP contribution is -2.42. The quantitative estimate of drug-likeness (QED) is 0.728. The minimum Gasteiger partial charge on any atom is -0.381 e. The van der Waals surface area contributed by atoms with Gasteiger partial charge in [-0.15, -0.1) is 0 Å². The van der Waals surface area contributed by atoms with Crippen molar-refractivity contribution < 1.29 is 13.2 Å². The van der Waals surface area contributed by atoms with Crippen LogP contribution in [0.4, 0.5) is 0 Å². The predicted octanol–water partition coefficient (Wildman–Crippen LogP) is 2.24. The molecule has 4 nitrogen and oxygen atoms in total. The van der Waals surface area contributed by atoms with E-state index in [9.17, 15) is 8.42 Å². The zero-order valence-electron chi connectivity index (χ0n) is 11.6. The van der Waals surface area contributed by atoms with Crippen molar-refractivity contribution in [2.45, 2.75) is 32.1 Å². The van der Waals surface area contributed by atoms with Crippen molar-refractivity contribution in [3.05, 3.63) is 0 Å². The van der Waals surface area contributed by atoms with Crippen LogP contribution in [0.2, 0.25) is 0 Å². The van der Waals surface area contributed by atoms with E-state index < -0.39 is 10.0 Å². The van der Waals surface area contributed by atoms with Gasteiger partial charge in [-0.05, 0) is 43.4 Å². The van der Waals surface area contributed by atoms with Gasteiger partial charge >= 0.3 is 0 Å². The Bertz CT molecular complexity index is 393. The zero-order chi connectivity index (χ0) is 13.9. The van der Waals surface area contributed by atoms with Crippen LogP contribution < -0.4 is 0 Å². The summed E-state index contributed by atoms with van der Waals surface area (Å²) in [7, 11) is -3.03. The molecule has 0 aromatic rings. The molecule has 0 N–H and O–H groups in total. The Hall–Kier alpha value is 0.350. The van der Waals surface area contributed by atoms with Gasteiger partial charge in [0.15, 0.2) is 0 Å². The molecule has 0 amide bonds. The van der Waals surface area contributed by atoms with Gasteiger partial charge in [0.05, 0.1) is 6.26 Å². The number of sulfonamides is 1. The maximum atomic E-state index is 11.7. The molecule has 0 bridgehead atoms. The molecule has 2 aliphatic heterocycles. The maximum Gasteiger partial charge on any atom is 0.211 e. The standard InChI is InChI=1S/C13H24BrNO3S/c1-19(16,17)15-6-2-3-12(10-15)9-13(11-14)4-7-18-8-5-13/h12H,2-11H2,1H3. The van der Waals surface area contributed by atoms with Crippen molar-refractivity contribution >= 4 is 26.0 Å². The van der Waals surface area contributed by atoms with Gasteiger partial charge in [0, 0.05) is 31.6 Å². The molecule has 1 atom stereocenters. The molecule has 0 aromatic heterocycles. The number of hydrogen-bond acceptors (Lipinski definition) is 3. The van der Waals surface area contributed by atoms with E-state index in [1.165, 1.54) is 6.26 Å². The highest BCUT2D eigenvalue weighted by Crippen LogP contribution is 2.40. The van der Waals surface area contributed by atoms with Gasteiger partial charge in [-0.25, -0.2) is 12.7 Å². The van der Waals surface area contributed by atoms with Crippen LogP contribution >= 0.6 is 15.9 Å². The Morgan fingerprint density at radius 2 is 2.05 bits per heavy atom. The summed E-state index contributed by atoms with van der Waals surface area (Å²) >= 11 is 3.66. The van der Waals surface area contributed by atoms with E-state index in [-0.39, 0.29) is 0 Å². The summed E-state index contributed by atoms with van der Waals surface area (Å²) in [4.78, 5) is 0. The van der Waals surface area contributed by atoms with Gasteiger partial charge in [0.25, 0.3) is 0 Å². The third-order valence-electron chi connectivity index (χ3n) is 4.51. The van der Waals surface area contributed by atoms with Crippen LogP contribution in [0.5, 0.6) is 0 Å². The molecule has 2 rings (SSSR count). The van der Waals surface area contributed by atoms with E-state index >= 15 is 0 Å². The molecule has 0 aliphatic carbocycles. The van der Waals surface area contributed by atoms with Crippen LogP contribution in [0.25, 0.3) is 0 Å². The Kier molecular flexibility index (Phi) is 5.31. The second-order valence-corrected chi connectivity index (χ2v) is 8.62. The summed E-state index contributed by atoms with van der Waals surface area (Å²) in [5, 5.41) is 0.999. The number of rotatable bonds is 4. The third-order valence-corrected chi connectivity index (χ3v) is 6.97. The van der Waals surface area contributed by atoms with Crippen molar-refractivity contribution in [1.29, 1.82) is 0 Å². The third kappa shape index (κ3) is 4.16. The van der Waals surface area contributed by atoms with Gasteiger partial charge in [-0.3, -0.25) is 0 Å². The lowest BCUT2D eigenvalue weighted by molar-refractivity contribution is 0.0108. The van der Waals surface area contributed by atoms with Crippen molar-refractivity contribution in [2.75, 3.05) is 37.9 Å². The van der Waals surface area contributed by atoms with Crippen LogP contribution in [0, 0.1) is 11.3 Å². The second-order valence-electron chi connectivity index (χ2n) is 6.08. The Morgan fingerprint density at radius 1 is 1.37 bits per heavy atom. The molecular weight excluding hydrogens is 330 g/mol. The lowest BCUT2D eigenvalue weighted by Gasteiger charge is -2.41. The van der Waals surface area contributed by atoms with Crippen molar-refractivity contribution in [3.63, 3.8) is 0 Å². The Morgan fingerprint density at radius 3 is 2.63 bits per heavy atom. The first-order valence-electron chi connectivity index (χ1n) is 7.04. The van der Waals surface area contributed by atoms with Crippen molar-refractivity contribution in [1.82, 2.24) is 4.31 Å². The molecule has 112 valence electrons. The first-order valence-corrected chi connectivity index (χ1v) is 10.0. The van der Waals surface area contributed by atoms with Crippen LogP contribution in [-0.4, -0.2) is 50.6 Å². The average Bonchev–Trinajstić information content (AvgIpc) is 2.39. The summed E-state index contributed by atoms with van der Waals surface area (Å²) in [5.41, 5.74) is 0.309. The number of nitrogens with zero attached hydrogens (tertiary/aromatic N) is 1. The number of piperidine rings is 1. The molecule has 2 aliphatic rings. The molecular formula is C13H24BrNO3S. The number of halogens is 1. The second kappa shape index (κ2) is 6.41. The summed E-state index contributed by atoms with van der Waals surface area (Å²) in [5.74, 6) is 0.499. The van der Waals surface area contributed by atoms with Gasteiger partial charge in [0.2, 0.25) is 10.0 Å². The highest BCUT2D eigenvalue weighted by Gasteiger charge is 2.36. The molecule has 0 spiro atoms. The molecule has 1 unspecified atom stereocenters. The van der Waals surface area contributed by atoms with Gasteiger partial charge in [-0.1, -0.05) is 15.9 Å². The number of hydrogen-bond donors (Lipinski definition) is 0. The van der Waals surface area contributed by atoms with Gasteiger partial charge < -0.3 is 4.74 Å². The molecule has 6 heteroatoms. The summed E-state index contributed by atoms with van der Waals surface area (Å²) in [6.45, 7) is 3.08. The van der Waals surface area contributed by atoms with Crippen LogP contribution in [0.15, 0.2) is 0 Å². The van der Waals surface area contributed by atoms with Crippen molar-refractivity contribution in [3.8, 4) is 0 Å². The lowest BCUT2D eigenvalue weighted by atomic mass is 9.73. The van der Waals surface area contributed by atoms with E-state index in [1.807, 2.05) is 0 Å². The number of ether oxygens (including phenoxy) is 1. The minimum atomic E-state index is -3.03. The van der Waals surface area contributed by atoms with E-state index in [0.29, 0.717) is 24.4 Å². The van der Waals surface area contributed by atoms with Crippen LogP contribution in [0.3, 0.4) is 0 Å². The Labute approximate surface area is 125 Å². The topological polar surface area (TPSA) is 46.6 Å². The monoisotopic (exact) mass is 353 g/mol. The highest BCUT2D eigenvalue weighted by molar-refractivity contribution is 9.09. The van der Waals surface area contributed by atoms with Crippen LogP contribution in [-0.2, 0) is 14.8 Å². The molecule has 0 aromatic carbocycles. The fourth-order valence-corrected chi connectivity index (χ4v) is 5.04. The largest absolute Gasteiger partial charge is 0.381 e. The average molecular weight is 354 g/mol. The fourth-order valence-electron chi connectivity index (χ4n) is 3.30. The first kappa shape index (κ1) is 15.7. The minimum absolute atomic E-state index is 0.309. The van der Waals surface area contributed by atoms with Gasteiger partial charge in [-0.2, -0.15) is 0 Å². The summed E-state index contributed by atoms with van der Waals surface area (Å²) in [6, 6.07) is 0. The molecule has 0 saturated carbocycles. The van der Waals surface area contributed by atoms with E-state index in [4.69, 9.17) is 4.74 Å². The molecule has 2 fully saturated rings. The SMILES string of the molecule is CS(=O)(=O)N1CCCC(CC2(CBr)CCOCC2)C1. The Balaban J connectivity index is 1.97. The number of alkyl halides is 1. The van der Waals surface area contributed by atoms with E-state index in [0.717, 1.165) is 50.6 Å². The summed E-state index contributed by atoms with van der Waals surface area (Å²) in [6.07, 6.45) is 6.77. The highest BCUT2D eigenvalue weighted by atomic mass is 79.9. The first-order chi connectivity index (χ1) is 8.95. The van der Waals surface area contributed by atoms with Gasteiger partial charge in [0.1, 0.15) is 0 Å². The van der Waals surface area contributed by atoms with Crippen LogP contribution in [0.1, 0.15) is 32.1 Å². The predicted molar refractivity (Wildman–Crippen MR) is 80.0 cm³/mol. The smallest absolute Gasteiger partial charge is 0.211 e. The van der Waals surface area contributed by atoms with E-state index in [2.05, 4.69) is 15.9 Å². The normalized spacial score (nSPS) is 29.3. The van der Waals surface area contributed by atoms with Crippen molar-refractivity contribution in [2.24, 2.45) is 11.3 Å². The molecule has 2 saturated heterocycles.